The molecule has 2 bridgehead atoms. The number of fused-ring (bicyclic) bond motifs is 3. The van der Waals surface area contributed by atoms with E-state index in [9.17, 15) is 10.1 Å². The predicted molar refractivity (Wildman–Crippen MR) is 82.3 cm³/mol. The minimum absolute atomic E-state index is 0.145. The Hall–Kier alpha value is -2.45. The Bertz CT molecular complexity index is 795. The van der Waals surface area contributed by atoms with Gasteiger partial charge in [0.25, 0.3) is 5.91 Å². The van der Waals surface area contributed by atoms with Crippen LogP contribution >= 0.6 is 0 Å². The van der Waals surface area contributed by atoms with E-state index in [1.54, 1.807) is 18.3 Å². The van der Waals surface area contributed by atoms with Gasteiger partial charge in [-0.2, -0.15) is 5.26 Å². The van der Waals surface area contributed by atoms with Crippen LogP contribution in [0.15, 0.2) is 30.5 Å². The number of rotatable bonds is 2. The first-order valence-electron chi connectivity index (χ1n) is 7.57. The van der Waals surface area contributed by atoms with Crippen molar-refractivity contribution in [2.24, 2.45) is 5.92 Å². The summed E-state index contributed by atoms with van der Waals surface area (Å²) in [6, 6.07) is 9.59. The molecule has 2 saturated heterocycles. The fourth-order valence-corrected chi connectivity index (χ4v) is 3.58. The molecule has 0 radical (unpaired) electrons. The molecule has 1 aromatic heterocycles. The molecule has 0 saturated carbocycles. The SMILES string of the molecule is N#Cc1cccc2cnc(C(=O)NC3CN4CCC3C4)cc12. The van der Waals surface area contributed by atoms with Crippen molar-refractivity contribution in [3.8, 4) is 6.07 Å². The van der Waals surface area contributed by atoms with Gasteiger partial charge in [0, 0.05) is 36.1 Å². The van der Waals surface area contributed by atoms with Crippen molar-refractivity contribution < 1.29 is 4.79 Å². The fraction of sp³-hybridized carbons (Fsp3) is 0.353. The third kappa shape index (κ3) is 2.13. The Morgan fingerprint density at radius 2 is 2.32 bits per heavy atom. The topological polar surface area (TPSA) is 69.0 Å². The highest BCUT2D eigenvalue weighted by molar-refractivity contribution is 5.97. The van der Waals surface area contributed by atoms with Gasteiger partial charge in [-0.3, -0.25) is 9.78 Å². The van der Waals surface area contributed by atoms with E-state index in [0.717, 1.165) is 36.8 Å². The number of pyridine rings is 1. The molecule has 0 aliphatic carbocycles. The lowest BCUT2D eigenvalue weighted by molar-refractivity contribution is 0.0919. The third-order valence-electron chi connectivity index (χ3n) is 4.77. The highest BCUT2D eigenvalue weighted by Crippen LogP contribution is 2.28. The van der Waals surface area contributed by atoms with E-state index in [1.165, 1.54) is 0 Å². The molecular formula is C17H16N4O. The number of hydrogen-bond donors (Lipinski definition) is 1. The molecule has 3 atom stereocenters. The first kappa shape index (κ1) is 13.2. The van der Waals surface area contributed by atoms with Crippen LogP contribution < -0.4 is 5.32 Å². The summed E-state index contributed by atoms with van der Waals surface area (Å²) in [6.07, 6.45) is 2.82. The van der Waals surface area contributed by atoms with Crippen molar-refractivity contribution in [3.05, 3.63) is 41.7 Å². The fourth-order valence-electron chi connectivity index (χ4n) is 3.58. The molecule has 0 spiro atoms. The van der Waals surface area contributed by atoms with Gasteiger partial charge in [0.2, 0.25) is 0 Å². The van der Waals surface area contributed by atoms with E-state index in [4.69, 9.17) is 0 Å². The quantitative estimate of drug-likeness (QED) is 0.911. The number of nitriles is 1. The van der Waals surface area contributed by atoms with Crippen molar-refractivity contribution in [2.75, 3.05) is 19.6 Å². The molecule has 3 unspecified atom stereocenters. The Morgan fingerprint density at radius 3 is 3.05 bits per heavy atom. The zero-order chi connectivity index (χ0) is 15.1. The first-order valence-corrected chi connectivity index (χ1v) is 7.57. The maximum Gasteiger partial charge on any atom is 0.270 e. The van der Waals surface area contributed by atoms with Crippen LogP contribution in [0.25, 0.3) is 10.8 Å². The van der Waals surface area contributed by atoms with Crippen molar-refractivity contribution in [2.45, 2.75) is 12.5 Å². The van der Waals surface area contributed by atoms with Crippen LogP contribution in [-0.4, -0.2) is 41.5 Å². The Labute approximate surface area is 128 Å². The summed E-state index contributed by atoms with van der Waals surface area (Å²) in [5.74, 6) is 0.424. The second-order valence-corrected chi connectivity index (χ2v) is 6.10. The number of aromatic nitrogens is 1. The average molecular weight is 292 g/mol. The summed E-state index contributed by atoms with van der Waals surface area (Å²) >= 11 is 0. The van der Waals surface area contributed by atoms with Crippen LogP contribution in [0.5, 0.6) is 0 Å². The molecule has 2 aliphatic rings. The lowest BCUT2D eigenvalue weighted by Crippen LogP contribution is -2.43. The van der Waals surface area contributed by atoms with E-state index in [0.29, 0.717) is 17.2 Å². The number of hydrogen-bond acceptors (Lipinski definition) is 4. The number of benzene rings is 1. The summed E-state index contributed by atoms with van der Waals surface area (Å²) in [6.45, 7) is 3.18. The van der Waals surface area contributed by atoms with Gasteiger partial charge < -0.3 is 10.2 Å². The average Bonchev–Trinajstić information content (AvgIpc) is 3.16. The molecule has 2 aromatic rings. The van der Waals surface area contributed by atoms with Crippen molar-refractivity contribution in [1.82, 2.24) is 15.2 Å². The molecule has 4 rings (SSSR count). The molecule has 1 aromatic carbocycles. The van der Waals surface area contributed by atoms with Crippen molar-refractivity contribution in [1.29, 1.82) is 5.26 Å². The van der Waals surface area contributed by atoms with Gasteiger partial charge >= 0.3 is 0 Å². The monoisotopic (exact) mass is 292 g/mol. The first-order chi connectivity index (χ1) is 10.7. The summed E-state index contributed by atoms with van der Waals surface area (Å²) in [7, 11) is 0. The Morgan fingerprint density at radius 1 is 1.41 bits per heavy atom. The minimum atomic E-state index is -0.145. The van der Waals surface area contributed by atoms with Gasteiger partial charge in [-0.25, -0.2) is 0 Å². The molecule has 5 heteroatoms. The van der Waals surface area contributed by atoms with Gasteiger partial charge in [-0.05, 0) is 31.0 Å². The molecule has 22 heavy (non-hydrogen) atoms. The maximum atomic E-state index is 12.4. The molecule has 2 fully saturated rings. The zero-order valence-electron chi connectivity index (χ0n) is 12.1. The van der Waals surface area contributed by atoms with E-state index in [2.05, 4.69) is 21.3 Å². The van der Waals surface area contributed by atoms with E-state index >= 15 is 0 Å². The van der Waals surface area contributed by atoms with Crippen LogP contribution in [0.1, 0.15) is 22.5 Å². The number of piperidine rings is 1. The standard InChI is InChI=1S/C17H16N4O/c18-7-11-2-1-3-12-8-19-15(6-14(11)12)17(22)20-16-10-21-5-4-13(16)9-21/h1-3,6,8,13,16H,4-5,9-10H2,(H,20,22). The van der Waals surface area contributed by atoms with Gasteiger partial charge in [-0.15, -0.1) is 0 Å². The summed E-state index contributed by atoms with van der Waals surface area (Å²) in [5, 5.41) is 13.9. The van der Waals surface area contributed by atoms with E-state index in [-0.39, 0.29) is 11.9 Å². The van der Waals surface area contributed by atoms with E-state index < -0.39 is 0 Å². The molecule has 3 heterocycles. The maximum absolute atomic E-state index is 12.4. The van der Waals surface area contributed by atoms with Crippen molar-refractivity contribution in [3.63, 3.8) is 0 Å². The van der Waals surface area contributed by atoms with Crippen LogP contribution in [0.3, 0.4) is 0 Å². The zero-order valence-corrected chi connectivity index (χ0v) is 12.1. The number of amides is 1. The molecular weight excluding hydrogens is 276 g/mol. The van der Waals surface area contributed by atoms with Crippen molar-refractivity contribution >= 4 is 16.7 Å². The number of carbonyl (C=O) groups excluding carboxylic acids is 1. The van der Waals surface area contributed by atoms with Crippen LogP contribution in [0, 0.1) is 17.2 Å². The van der Waals surface area contributed by atoms with Gasteiger partial charge in [-0.1, -0.05) is 12.1 Å². The number of nitrogens with one attached hydrogen (secondary N) is 1. The van der Waals surface area contributed by atoms with Crippen LogP contribution in [0.4, 0.5) is 0 Å². The Balaban J connectivity index is 1.61. The molecule has 110 valence electrons. The smallest absolute Gasteiger partial charge is 0.270 e. The Kier molecular flexibility index (Phi) is 3.05. The van der Waals surface area contributed by atoms with E-state index in [1.807, 2.05) is 12.1 Å². The summed E-state index contributed by atoms with van der Waals surface area (Å²) in [5.41, 5.74) is 0.952. The molecule has 5 nitrogen and oxygen atoms in total. The molecule has 2 aliphatic heterocycles. The summed E-state index contributed by atoms with van der Waals surface area (Å²) < 4.78 is 0. The number of nitrogens with zero attached hydrogens (tertiary/aromatic N) is 3. The molecule has 1 amide bonds. The lowest BCUT2D eigenvalue weighted by atomic mass is 10.00. The summed E-state index contributed by atoms with van der Waals surface area (Å²) in [4.78, 5) is 19.1. The van der Waals surface area contributed by atoms with Crippen LogP contribution in [-0.2, 0) is 0 Å². The third-order valence-corrected chi connectivity index (χ3v) is 4.77. The normalized spacial score (nSPS) is 26.0. The lowest BCUT2D eigenvalue weighted by Gasteiger charge is -2.23. The van der Waals surface area contributed by atoms with Gasteiger partial charge in [0.05, 0.1) is 11.6 Å². The largest absolute Gasteiger partial charge is 0.346 e. The number of carbonyl (C=O) groups is 1. The minimum Gasteiger partial charge on any atom is -0.346 e. The highest BCUT2D eigenvalue weighted by Gasteiger charge is 2.38. The highest BCUT2D eigenvalue weighted by atomic mass is 16.2. The molecule has 1 N–H and O–H groups in total. The van der Waals surface area contributed by atoms with Gasteiger partial charge in [0.15, 0.2) is 0 Å². The second kappa shape index (κ2) is 5.08. The van der Waals surface area contributed by atoms with Crippen LogP contribution in [0.2, 0.25) is 0 Å². The van der Waals surface area contributed by atoms with Gasteiger partial charge in [0.1, 0.15) is 5.69 Å². The second-order valence-electron chi connectivity index (χ2n) is 6.10. The predicted octanol–water partition coefficient (Wildman–Crippen LogP) is 1.54.